The summed E-state index contributed by atoms with van der Waals surface area (Å²) in [5.41, 5.74) is 8.14. The van der Waals surface area contributed by atoms with Crippen molar-refractivity contribution < 1.29 is 26.3 Å². The maximum Gasteiger partial charge on any atom is 0.416 e. The molecule has 0 fully saturated rings. The lowest BCUT2D eigenvalue weighted by atomic mass is 9.94. The first-order chi connectivity index (χ1) is 34.9. The lowest BCUT2D eigenvalue weighted by molar-refractivity contribution is -0.143. The minimum absolute atomic E-state index is 0.0943. The Morgan fingerprint density at radius 3 is 0.903 bits per heavy atom. The van der Waals surface area contributed by atoms with E-state index in [2.05, 4.69) is 34.9 Å². The number of fused-ring (bicyclic) bond motifs is 6. The van der Waals surface area contributed by atoms with Gasteiger partial charge in [0, 0.05) is 27.1 Å². The fourth-order valence-electron chi connectivity index (χ4n) is 10.2. The highest BCUT2D eigenvalue weighted by molar-refractivity contribution is 6.14. The molecule has 0 aliphatic rings. The van der Waals surface area contributed by atoms with Crippen LogP contribution in [-0.2, 0) is 12.4 Å². The summed E-state index contributed by atoms with van der Waals surface area (Å²) in [5, 5.41) is 14.6. The maximum atomic E-state index is 14.6. The fraction of sp³-hybridized carbons (Fsp3) is 0.0317. The minimum Gasteiger partial charge on any atom is -0.307 e. The Hall–Kier alpha value is -9.13. The van der Waals surface area contributed by atoms with Crippen molar-refractivity contribution in [3.63, 3.8) is 0 Å². The molecular formula is C63H37F6N3. The van der Waals surface area contributed by atoms with E-state index in [0.717, 1.165) is 88.1 Å². The number of halogens is 6. The molecule has 3 nitrogen and oxygen atoms in total. The quantitative estimate of drug-likeness (QED) is 0.147. The van der Waals surface area contributed by atoms with E-state index in [1.165, 1.54) is 0 Å². The van der Waals surface area contributed by atoms with Gasteiger partial charge in [0.25, 0.3) is 0 Å². The largest absolute Gasteiger partial charge is 0.416 e. The second kappa shape index (κ2) is 17.1. The number of nitrogens with zero attached hydrogens (tertiary/aromatic N) is 3. The second-order valence-corrected chi connectivity index (χ2v) is 17.9. The molecule has 0 aliphatic heterocycles. The fourth-order valence-corrected chi connectivity index (χ4v) is 10.2. The number of hydrogen-bond acceptors (Lipinski definition) is 1. The van der Waals surface area contributed by atoms with Crippen LogP contribution >= 0.6 is 0 Å². The molecule has 72 heavy (non-hydrogen) atoms. The Morgan fingerprint density at radius 1 is 0.306 bits per heavy atom. The van der Waals surface area contributed by atoms with Gasteiger partial charge in [-0.15, -0.1) is 0 Å². The van der Waals surface area contributed by atoms with E-state index in [0.29, 0.717) is 23.5 Å². The van der Waals surface area contributed by atoms with Crippen molar-refractivity contribution in [3.8, 4) is 73.1 Å². The molecule has 0 saturated heterocycles. The van der Waals surface area contributed by atoms with Crippen LogP contribution in [-0.4, -0.2) is 9.13 Å². The zero-order valence-corrected chi connectivity index (χ0v) is 38.0. The summed E-state index contributed by atoms with van der Waals surface area (Å²) >= 11 is 0. The average Bonchev–Trinajstić information content (AvgIpc) is 3.92. The predicted molar refractivity (Wildman–Crippen MR) is 277 cm³/mol. The zero-order chi connectivity index (χ0) is 49.3. The summed E-state index contributed by atoms with van der Waals surface area (Å²) in [5.74, 6) is 0. The van der Waals surface area contributed by atoms with Crippen molar-refractivity contribution in [1.29, 1.82) is 5.26 Å². The van der Waals surface area contributed by atoms with E-state index in [4.69, 9.17) is 0 Å². The van der Waals surface area contributed by atoms with Crippen LogP contribution in [0.4, 0.5) is 26.3 Å². The summed E-state index contributed by atoms with van der Waals surface area (Å²) in [6, 6.07) is 71.3. The third-order valence-corrected chi connectivity index (χ3v) is 13.6. The van der Waals surface area contributed by atoms with Crippen LogP contribution in [0.5, 0.6) is 0 Å². The Balaban J connectivity index is 1.22. The van der Waals surface area contributed by atoms with E-state index in [1.807, 2.05) is 174 Å². The van der Waals surface area contributed by atoms with Gasteiger partial charge in [-0.3, -0.25) is 0 Å². The van der Waals surface area contributed by atoms with Crippen LogP contribution in [0.3, 0.4) is 0 Å². The van der Waals surface area contributed by atoms with Crippen molar-refractivity contribution in [1.82, 2.24) is 9.13 Å². The summed E-state index contributed by atoms with van der Waals surface area (Å²) < 4.78 is 91.5. The smallest absolute Gasteiger partial charge is 0.307 e. The van der Waals surface area contributed by atoms with Gasteiger partial charge in [-0.1, -0.05) is 146 Å². The third-order valence-electron chi connectivity index (χ3n) is 13.6. The van der Waals surface area contributed by atoms with Gasteiger partial charge in [0.15, 0.2) is 0 Å². The number of hydrogen-bond donors (Lipinski definition) is 0. The number of benzene rings is 10. The number of nitriles is 1. The molecule has 346 valence electrons. The van der Waals surface area contributed by atoms with Gasteiger partial charge in [0.1, 0.15) is 0 Å². The van der Waals surface area contributed by atoms with Crippen molar-refractivity contribution in [2.45, 2.75) is 12.4 Å². The Labute approximate surface area is 409 Å². The molecule has 0 aliphatic carbocycles. The molecule has 0 saturated carbocycles. The van der Waals surface area contributed by atoms with E-state index in [1.54, 1.807) is 12.1 Å². The Morgan fingerprint density at radius 2 is 0.611 bits per heavy atom. The molecule has 9 heteroatoms. The van der Waals surface area contributed by atoms with Gasteiger partial charge in [-0.2, -0.15) is 31.6 Å². The van der Waals surface area contributed by atoms with Crippen molar-refractivity contribution in [2.75, 3.05) is 0 Å². The van der Waals surface area contributed by atoms with Gasteiger partial charge < -0.3 is 9.13 Å². The van der Waals surface area contributed by atoms with Crippen molar-refractivity contribution in [3.05, 3.63) is 241 Å². The van der Waals surface area contributed by atoms with Gasteiger partial charge in [0.2, 0.25) is 0 Å². The monoisotopic (exact) mass is 949 g/mol. The first-order valence-corrected chi connectivity index (χ1v) is 23.2. The topological polar surface area (TPSA) is 33.6 Å². The van der Waals surface area contributed by atoms with Crippen molar-refractivity contribution >= 4 is 43.6 Å². The van der Waals surface area contributed by atoms with E-state index in [9.17, 15) is 31.6 Å². The average molecular weight is 950 g/mol. The molecule has 2 heterocycles. The lowest BCUT2D eigenvalue weighted by Crippen LogP contribution is -2.11. The SMILES string of the molecule is N#Cc1cc(-n2c3ccc(-c4ccccc4)cc3c3cc(-c4ccccc4)ccc32)c(-n2c3ccc(-c4ccccc4)cc3c3cc(-c4ccccc4)ccc32)cc1-c1cc(C(F)(F)F)cc(C(F)(F)F)c1. The highest BCUT2D eigenvalue weighted by Crippen LogP contribution is 2.46. The molecule has 0 bridgehead atoms. The van der Waals surface area contributed by atoms with Gasteiger partial charge >= 0.3 is 12.4 Å². The minimum atomic E-state index is -5.12. The van der Waals surface area contributed by atoms with Gasteiger partial charge in [0.05, 0.1) is 56.2 Å². The Kier molecular flexibility index (Phi) is 10.5. The third kappa shape index (κ3) is 7.65. The highest BCUT2D eigenvalue weighted by atomic mass is 19.4. The van der Waals surface area contributed by atoms with Crippen LogP contribution in [0.2, 0.25) is 0 Å². The summed E-state index contributed by atoms with van der Waals surface area (Å²) in [6.07, 6.45) is -10.2. The van der Waals surface area contributed by atoms with Crippen LogP contribution in [0, 0.1) is 11.3 Å². The zero-order valence-electron chi connectivity index (χ0n) is 38.0. The maximum absolute atomic E-state index is 14.6. The van der Waals surface area contributed by atoms with Gasteiger partial charge in [-0.05, 0) is 129 Å². The van der Waals surface area contributed by atoms with Crippen LogP contribution in [0.15, 0.2) is 224 Å². The second-order valence-electron chi connectivity index (χ2n) is 17.9. The standard InChI is InChI=1S/C63H37F6N3/c64-62(65,66)49-29-47(30-50(36-49)63(67,68)69)51-37-61(72-58-27-23-45(41-17-9-3-10-18-41)33-54(58)55-34-46(24-28-59(55)72)42-19-11-4-12-20-42)60(35-48(51)38-70)71-56-25-21-43(39-13-5-1-6-14-39)31-52(56)53-32-44(22-26-57(53)71)40-15-7-2-8-16-40/h1-37H. The molecule has 0 radical (unpaired) electrons. The summed E-state index contributed by atoms with van der Waals surface area (Å²) in [7, 11) is 0. The molecule has 12 aromatic rings. The predicted octanol–water partition coefficient (Wildman–Crippen LogP) is 18.1. The molecule has 0 amide bonds. The van der Waals surface area contributed by atoms with Crippen LogP contribution < -0.4 is 0 Å². The van der Waals surface area contributed by atoms with E-state index in [-0.39, 0.29) is 17.2 Å². The molecule has 10 aromatic carbocycles. The van der Waals surface area contributed by atoms with E-state index >= 15 is 0 Å². The van der Waals surface area contributed by atoms with Crippen molar-refractivity contribution in [2.24, 2.45) is 0 Å². The molecule has 0 N–H and O–H groups in total. The number of rotatable bonds is 7. The molecule has 0 spiro atoms. The number of aromatic nitrogens is 2. The summed E-state index contributed by atoms with van der Waals surface area (Å²) in [4.78, 5) is 0. The van der Waals surface area contributed by atoms with Crippen LogP contribution in [0.1, 0.15) is 16.7 Å². The highest BCUT2D eigenvalue weighted by Gasteiger charge is 2.37. The van der Waals surface area contributed by atoms with Crippen LogP contribution in [0.25, 0.3) is 111 Å². The first kappa shape index (κ1) is 44.1. The molecule has 12 rings (SSSR count). The van der Waals surface area contributed by atoms with E-state index < -0.39 is 29.0 Å². The first-order valence-electron chi connectivity index (χ1n) is 23.2. The normalized spacial score (nSPS) is 12.0. The number of alkyl halides is 6. The molecule has 2 aromatic heterocycles. The lowest BCUT2D eigenvalue weighted by Gasteiger charge is -2.21. The van der Waals surface area contributed by atoms with Gasteiger partial charge in [-0.25, -0.2) is 0 Å². The molecule has 0 unspecified atom stereocenters. The Bertz CT molecular complexity index is 3880. The molecule has 0 atom stereocenters. The summed E-state index contributed by atoms with van der Waals surface area (Å²) in [6.45, 7) is 0. The molecular weight excluding hydrogens is 913 g/mol.